The fraction of sp³-hybridized carbons (Fsp3) is 0.200. The van der Waals surface area contributed by atoms with E-state index in [0.717, 1.165) is 4.31 Å². The molecule has 0 aromatic heterocycles. The molecule has 184 valence electrons. The first kappa shape index (κ1) is 26.2. The van der Waals surface area contributed by atoms with Crippen molar-refractivity contribution in [3.8, 4) is 0 Å². The van der Waals surface area contributed by atoms with Crippen LogP contribution in [0.15, 0.2) is 83.8 Å². The van der Waals surface area contributed by atoms with Crippen LogP contribution in [0.2, 0.25) is 5.02 Å². The SMILES string of the molecule is CNC(=O)[C@@H](C)N(Cc1ccc(F)cc1)C(=O)CN(c1ccccc1Cl)S(=O)(=O)c1ccccc1. The summed E-state index contributed by atoms with van der Waals surface area (Å²) in [7, 11) is -2.74. The molecule has 0 fully saturated rings. The number of nitrogens with zero attached hydrogens (tertiary/aromatic N) is 2. The zero-order chi connectivity index (χ0) is 25.6. The third kappa shape index (κ3) is 6.17. The van der Waals surface area contributed by atoms with Gasteiger partial charge in [-0.15, -0.1) is 0 Å². The molecule has 0 unspecified atom stereocenters. The number of anilines is 1. The van der Waals surface area contributed by atoms with Crippen LogP contribution >= 0.6 is 11.6 Å². The summed E-state index contributed by atoms with van der Waals surface area (Å²) in [4.78, 5) is 27.2. The average molecular weight is 518 g/mol. The van der Waals surface area contributed by atoms with E-state index in [0.29, 0.717) is 5.56 Å². The molecule has 0 radical (unpaired) electrons. The van der Waals surface area contributed by atoms with Crippen LogP contribution < -0.4 is 9.62 Å². The van der Waals surface area contributed by atoms with Crippen molar-refractivity contribution in [2.75, 3.05) is 17.9 Å². The third-order valence-corrected chi connectivity index (χ3v) is 7.50. The van der Waals surface area contributed by atoms with Gasteiger partial charge in [0, 0.05) is 13.6 Å². The Labute approximate surface area is 209 Å². The van der Waals surface area contributed by atoms with Gasteiger partial charge >= 0.3 is 0 Å². The number of amides is 2. The molecule has 1 N–H and O–H groups in total. The number of rotatable bonds is 9. The Bertz CT molecular complexity index is 1290. The van der Waals surface area contributed by atoms with Crippen LogP contribution in [-0.2, 0) is 26.2 Å². The van der Waals surface area contributed by atoms with Gasteiger partial charge in [-0.2, -0.15) is 0 Å². The van der Waals surface area contributed by atoms with Crippen molar-refractivity contribution in [1.29, 1.82) is 0 Å². The minimum atomic E-state index is -4.18. The van der Waals surface area contributed by atoms with Gasteiger partial charge in [0.2, 0.25) is 11.8 Å². The molecule has 3 aromatic rings. The van der Waals surface area contributed by atoms with Gasteiger partial charge in [0.05, 0.1) is 15.6 Å². The lowest BCUT2D eigenvalue weighted by Crippen LogP contribution is -2.50. The summed E-state index contributed by atoms with van der Waals surface area (Å²) in [5, 5.41) is 2.64. The number of hydrogen-bond donors (Lipinski definition) is 1. The van der Waals surface area contributed by atoms with E-state index in [4.69, 9.17) is 11.6 Å². The van der Waals surface area contributed by atoms with E-state index in [-0.39, 0.29) is 22.2 Å². The summed E-state index contributed by atoms with van der Waals surface area (Å²) in [6.07, 6.45) is 0. The highest BCUT2D eigenvalue weighted by atomic mass is 35.5. The summed E-state index contributed by atoms with van der Waals surface area (Å²) in [5.41, 5.74) is 0.700. The lowest BCUT2D eigenvalue weighted by atomic mass is 10.1. The summed E-state index contributed by atoms with van der Waals surface area (Å²) in [5.74, 6) is -1.51. The Morgan fingerprint density at radius 3 is 2.17 bits per heavy atom. The molecule has 10 heteroatoms. The minimum Gasteiger partial charge on any atom is -0.357 e. The van der Waals surface area contributed by atoms with Crippen LogP contribution in [0.1, 0.15) is 12.5 Å². The summed E-state index contributed by atoms with van der Waals surface area (Å²) in [6, 6.07) is 18.5. The maximum Gasteiger partial charge on any atom is 0.264 e. The standard InChI is InChI=1S/C25H25ClFN3O4S/c1-18(25(32)28-2)29(16-19-12-14-20(27)15-13-19)24(31)17-30(23-11-7-6-10-22(23)26)35(33,34)21-8-4-3-5-9-21/h3-15,18H,16-17H2,1-2H3,(H,28,32)/t18-/m1/s1. The van der Waals surface area contributed by atoms with Crippen molar-refractivity contribution < 1.29 is 22.4 Å². The molecule has 2 amide bonds. The number of benzene rings is 3. The van der Waals surface area contributed by atoms with Crippen molar-refractivity contribution in [2.24, 2.45) is 0 Å². The molecule has 3 rings (SSSR count). The molecule has 0 saturated heterocycles. The second-order valence-corrected chi connectivity index (χ2v) is 9.98. The monoisotopic (exact) mass is 517 g/mol. The largest absolute Gasteiger partial charge is 0.357 e. The van der Waals surface area contributed by atoms with E-state index in [1.165, 1.54) is 67.4 Å². The highest BCUT2D eigenvalue weighted by molar-refractivity contribution is 7.92. The second kappa shape index (κ2) is 11.3. The van der Waals surface area contributed by atoms with Crippen molar-refractivity contribution in [3.05, 3.63) is 95.3 Å². The van der Waals surface area contributed by atoms with E-state index in [1.54, 1.807) is 30.3 Å². The molecule has 0 bridgehead atoms. The van der Waals surface area contributed by atoms with Gasteiger partial charge in [-0.1, -0.05) is 54.1 Å². The zero-order valence-corrected chi connectivity index (χ0v) is 20.8. The molecular weight excluding hydrogens is 493 g/mol. The van der Waals surface area contributed by atoms with Crippen LogP contribution in [0.5, 0.6) is 0 Å². The fourth-order valence-corrected chi connectivity index (χ4v) is 5.21. The second-order valence-electron chi connectivity index (χ2n) is 7.71. The van der Waals surface area contributed by atoms with Crippen molar-refractivity contribution >= 4 is 39.1 Å². The number of para-hydroxylation sites is 1. The predicted molar refractivity (Wildman–Crippen MR) is 133 cm³/mol. The Kier molecular flexibility index (Phi) is 8.48. The molecule has 0 aliphatic carbocycles. The molecule has 1 atom stereocenters. The Morgan fingerprint density at radius 2 is 1.57 bits per heavy atom. The highest BCUT2D eigenvalue weighted by Gasteiger charge is 2.33. The van der Waals surface area contributed by atoms with Gasteiger partial charge in [-0.25, -0.2) is 12.8 Å². The Morgan fingerprint density at radius 1 is 0.971 bits per heavy atom. The molecule has 0 aliphatic rings. The van der Waals surface area contributed by atoms with E-state index >= 15 is 0 Å². The topological polar surface area (TPSA) is 86.8 Å². The number of nitrogens with one attached hydrogen (secondary N) is 1. The van der Waals surface area contributed by atoms with Gasteiger partial charge in [-0.3, -0.25) is 13.9 Å². The number of halogens is 2. The Balaban J connectivity index is 2.03. The van der Waals surface area contributed by atoms with E-state index < -0.39 is 40.2 Å². The van der Waals surface area contributed by atoms with Crippen LogP contribution in [0.3, 0.4) is 0 Å². The summed E-state index contributed by atoms with van der Waals surface area (Å²) < 4.78 is 41.5. The van der Waals surface area contributed by atoms with Gasteiger partial charge in [0.25, 0.3) is 10.0 Å². The van der Waals surface area contributed by atoms with Crippen molar-refractivity contribution in [1.82, 2.24) is 10.2 Å². The number of sulfonamides is 1. The molecule has 0 spiro atoms. The van der Waals surface area contributed by atoms with E-state index in [2.05, 4.69) is 5.32 Å². The van der Waals surface area contributed by atoms with Gasteiger partial charge < -0.3 is 10.2 Å². The van der Waals surface area contributed by atoms with Crippen molar-refractivity contribution in [3.63, 3.8) is 0 Å². The smallest absolute Gasteiger partial charge is 0.264 e. The van der Waals surface area contributed by atoms with Gasteiger partial charge in [-0.05, 0) is 48.9 Å². The first-order valence-electron chi connectivity index (χ1n) is 10.7. The maximum absolute atomic E-state index is 13.6. The van der Waals surface area contributed by atoms with E-state index in [1.807, 2.05) is 0 Å². The predicted octanol–water partition coefficient (Wildman–Crippen LogP) is 3.84. The Hall–Kier alpha value is -3.43. The molecule has 0 aliphatic heterocycles. The zero-order valence-electron chi connectivity index (χ0n) is 19.2. The highest BCUT2D eigenvalue weighted by Crippen LogP contribution is 2.30. The first-order valence-corrected chi connectivity index (χ1v) is 12.5. The first-order chi connectivity index (χ1) is 16.6. The van der Waals surface area contributed by atoms with Gasteiger partial charge in [0.1, 0.15) is 18.4 Å². The molecule has 3 aromatic carbocycles. The maximum atomic E-state index is 13.6. The van der Waals surface area contributed by atoms with Crippen LogP contribution in [0, 0.1) is 5.82 Å². The fourth-order valence-electron chi connectivity index (χ4n) is 3.47. The lowest BCUT2D eigenvalue weighted by Gasteiger charge is -2.32. The van der Waals surface area contributed by atoms with Crippen LogP contribution in [-0.4, -0.2) is 44.8 Å². The summed E-state index contributed by atoms with van der Waals surface area (Å²) >= 11 is 6.32. The molecule has 0 saturated carbocycles. The average Bonchev–Trinajstić information content (AvgIpc) is 2.86. The van der Waals surface area contributed by atoms with E-state index in [9.17, 15) is 22.4 Å². The quantitative estimate of drug-likeness (QED) is 0.467. The molecule has 0 heterocycles. The number of hydrogen-bond acceptors (Lipinski definition) is 4. The molecule has 35 heavy (non-hydrogen) atoms. The summed E-state index contributed by atoms with van der Waals surface area (Å²) in [6.45, 7) is 0.894. The number of likely N-dealkylation sites (N-methyl/N-ethyl adjacent to an activating group) is 1. The number of carbonyl (C=O) groups excluding carboxylic acids is 2. The normalized spacial score (nSPS) is 12.0. The van der Waals surface area contributed by atoms with Crippen molar-refractivity contribution in [2.45, 2.75) is 24.4 Å². The van der Waals surface area contributed by atoms with Gasteiger partial charge in [0.15, 0.2) is 0 Å². The lowest BCUT2D eigenvalue weighted by molar-refractivity contribution is -0.139. The number of carbonyl (C=O) groups is 2. The molecular formula is C25H25ClFN3O4S. The van der Waals surface area contributed by atoms with Crippen LogP contribution in [0.4, 0.5) is 10.1 Å². The van der Waals surface area contributed by atoms with Crippen LogP contribution in [0.25, 0.3) is 0 Å². The molecule has 7 nitrogen and oxygen atoms in total. The third-order valence-electron chi connectivity index (χ3n) is 5.41. The minimum absolute atomic E-state index is 0.0165.